The number of nitrogens with zero attached hydrogens (tertiary/aromatic N) is 4. The first-order valence-corrected chi connectivity index (χ1v) is 11.7. The second-order valence-corrected chi connectivity index (χ2v) is 9.01. The van der Waals surface area contributed by atoms with E-state index in [1.807, 2.05) is 0 Å². The van der Waals surface area contributed by atoms with E-state index in [4.69, 9.17) is 5.73 Å². The molecule has 0 bridgehead atoms. The zero-order valence-corrected chi connectivity index (χ0v) is 20.7. The maximum Gasteiger partial charge on any atom is 0.423 e. The summed E-state index contributed by atoms with van der Waals surface area (Å²) in [7, 11) is 0. The number of fused-ring (bicyclic) bond motifs is 1. The lowest BCUT2D eigenvalue weighted by molar-refractivity contribution is -0.138. The van der Waals surface area contributed by atoms with Crippen molar-refractivity contribution in [2.75, 3.05) is 11.1 Å². The fraction of sp³-hybridized carbons (Fsp3) is 0.292. The molecular formula is C24H19F8N7O2. The minimum atomic E-state index is -5.02. The summed E-state index contributed by atoms with van der Waals surface area (Å²) in [6.07, 6.45) is -8.32. The Kier molecular flexibility index (Phi) is 7.98. The van der Waals surface area contributed by atoms with Crippen molar-refractivity contribution in [3.05, 3.63) is 74.2 Å². The molecule has 4 N–H and O–H groups in total. The fourth-order valence-electron chi connectivity index (χ4n) is 4.16. The molecule has 4 rings (SSSR count). The van der Waals surface area contributed by atoms with Crippen LogP contribution in [0.15, 0.2) is 40.3 Å². The van der Waals surface area contributed by atoms with Gasteiger partial charge in [-0.2, -0.15) is 18.3 Å². The lowest BCUT2D eigenvalue weighted by Crippen LogP contribution is -2.30. The van der Waals surface area contributed by atoms with Crippen LogP contribution in [-0.2, 0) is 12.7 Å². The SMILES string of the molecule is C[C@@H](C[C@@H](F)Cn1cc(F)c2cc(-c3ncc(C(F)F)c(N)n3)c(F)cc2c1=O)Nc1cn[nH]c(=O)c1C(F)(F)F. The smallest absolute Gasteiger partial charge is 0.383 e. The molecule has 0 aliphatic carbocycles. The highest BCUT2D eigenvalue weighted by Crippen LogP contribution is 2.32. The number of rotatable bonds is 8. The molecule has 17 heteroatoms. The first-order chi connectivity index (χ1) is 19.2. The number of hydrogen-bond acceptors (Lipinski definition) is 7. The highest BCUT2D eigenvalue weighted by molar-refractivity contribution is 5.86. The lowest BCUT2D eigenvalue weighted by atomic mass is 10.1. The Morgan fingerprint density at radius 2 is 1.78 bits per heavy atom. The maximum absolute atomic E-state index is 15.0. The molecule has 3 heterocycles. The zero-order chi connectivity index (χ0) is 30.2. The maximum atomic E-state index is 15.0. The van der Waals surface area contributed by atoms with E-state index in [0.29, 0.717) is 29.2 Å². The van der Waals surface area contributed by atoms with E-state index < -0.39 is 105 Å². The van der Waals surface area contributed by atoms with E-state index in [-0.39, 0.29) is 0 Å². The number of aromatic amines is 1. The van der Waals surface area contributed by atoms with Gasteiger partial charge in [-0.25, -0.2) is 37.0 Å². The van der Waals surface area contributed by atoms with Crippen LogP contribution in [0.4, 0.5) is 46.6 Å². The molecule has 2 atom stereocenters. The highest BCUT2D eigenvalue weighted by atomic mass is 19.4. The molecule has 0 saturated carbocycles. The van der Waals surface area contributed by atoms with Gasteiger partial charge in [0.2, 0.25) is 0 Å². The van der Waals surface area contributed by atoms with Crippen molar-refractivity contribution in [1.29, 1.82) is 0 Å². The molecule has 218 valence electrons. The van der Waals surface area contributed by atoms with Gasteiger partial charge in [0.25, 0.3) is 17.5 Å². The van der Waals surface area contributed by atoms with Crippen molar-refractivity contribution < 1.29 is 35.1 Å². The Bertz CT molecular complexity index is 1720. The number of nitrogens with two attached hydrogens (primary N) is 1. The number of aromatic nitrogens is 5. The van der Waals surface area contributed by atoms with Crippen LogP contribution in [-0.4, -0.2) is 36.9 Å². The molecule has 0 amide bonds. The van der Waals surface area contributed by atoms with Crippen LogP contribution < -0.4 is 22.2 Å². The fourth-order valence-corrected chi connectivity index (χ4v) is 4.16. The van der Waals surface area contributed by atoms with Gasteiger partial charge in [0.05, 0.1) is 34.9 Å². The van der Waals surface area contributed by atoms with Gasteiger partial charge < -0.3 is 15.6 Å². The summed E-state index contributed by atoms with van der Waals surface area (Å²) in [5.41, 5.74) is -0.383. The normalized spacial score (nSPS) is 13.5. The largest absolute Gasteiger partial charge is 0.423 e. The third kappa shape index (κ3) is 6.12. The standard InChI is InChI=1S/C24H19F8N7O2/c1-9(36-17-6-35-38-22(40)18(17)24(30,31)32)2-10(25)7-39-8-16(27)11-3-13(15(26)4-12(11)23(39)41)21-34-5-14(19(28)29)20(33)37-21/h3-6,8-10,19H,2,7H2,1H3,(H2,33,34,37)(H2,36,38,40)/t9-,10+/m0/s1. The lowest BCUT2D eigenvalue weighted by Gasteiger charge is -2.20. The second-order valence-electron chi connectivity index (χ2n) is 9.01. The van der Waals surface area contributed by atoms with E-state index in [2.05, 4.69) is 20.4 Å². The minimum absolute atomic E-state index is 0.394. The molecule has 4 aromatic rings. The molecule has 9 nitrogen and oxygen atoms in total. The summed E-state index contributed by atoms with van der Waals surface area (Å²) in [6.45, 7) is 0.576. The van der Waals surface area contributed by atoms with Crippen molar-refractivity contribution in [3.63, 3.8) is 0 Å². The quantitative estimate of drug-likeness (QED) is 0.256. The van der Waals surface area contributed by atoms with Gasteiger partial charge in [0.15, 0.2) is 5.82 Å². The van der Waals surface area contributed by atoms with Crippen molar-refractivity contribution in [3.8, 4) is 11.4 Å². The van der Waals surface area contributed by atoms with Crippen LogP contribution in [0, 0.1) is 11.6 Å². The number of nitrogens with one attached hydrogen (secondary N) is 2. The Morgan fingerprint density at radius 1 is 1.07 bits per heavy atom. The Balaban J connectivity index is 1.57. The van der Waals surface area contributed by atoms with Crippen molar-refractivity contribution in [2.24, 2.45) is 0 Å². The summed E-state index contributed by atoms with van der Waals surface area (Å²) in [5.74, 6) is -3.24. The molecule has 1 aromatic carbocycles. The number of halogens is 8. The van der Waals surface area contributed by atoms with E-state index >= 15 is 0 Å². The van der Waals surface area contributed by atoms with Crippen molar-refractivity contribution in [1.82, 2.24) is 24.7 Å². The Labute approximate surface area is 224 Å². The van der Waals surface area contributed by atoms with Crippen LogP contribution >= 0.6 is 0 Å². The highest BCUT2D eigenvalue weighted by Gasteiger charge is 2.37. The molecular weight excluding hydrogens is 570 g/mol. The predicted molar refractivity (Wildman–Crippen MR) is 131 cm³/mol. The number of anilines is 2. The van der Waals surface area contributed by atoms with Crippen molar-refractivity contribution >= 4 is 22.3 Å². The molecule has 0 fully saturated rings. The topological polar surface area (TPSA) is 132 Å². The van der Waals surface area contributed by atoms with E-state index in [1.54, 1.807) is 5.10 Å². The van der Waals surface area contributed by atoms with Gasteiger partial charge in [0, 0.05) is 30.2 Å². The summed E-state index contributed by atoms with van der Waals surface area (Å²) >= 11 is 0. The molecule has 0 aliphatic heterocycles. The molecule has 0 radical (unpaired) electrons. The third-order valence-electron chi connectivity index (χ3n) is 5.99. The number of H-pyrrole nitrogens is 1. The summed E-state index contributed by atoms with van der Waals surface area (Å²) < 4.78 is 111. The summed E-state index contributed by atoms with van der Waals surface area (Å²) in [5, 5.41) is 6.45. The molecule has 0 aliphatic rings. The number of alkyl halides is 6. The van der Waals surface area contributed by atoms with Crippen LogP contribution in [0.3, 0.4) is 0 Å². The van der Waals surface area contributed by atoms with Gasteiger partial charge >= 0.3 is 6.18 Å². The molecule has 0 saturated heterocycles. The first kappa shape index (κ1) is 29.4. The van der Waals surface area contributed by atoms with Crippen LogP contribution in [0.25, 0.3) is 22.2 Å². The van der Waals surface area contributed by atoms with Crippen LogP contribution in [0.1, 0.15) is 30.9 Å². The number of nitrogen functional groups attached to an aromatic ring is 1. The van der Waals surface area contributed by atoms with Crippen LogP contribution in [0.5, 0.6) is 0 Å². The second kappa shape index (κ2) is 11.1. The average Bonchev–Trinajstić information content (AvgIpc) is 2.85. The van der Waals surface area contributed by atoms with Gasteiger partial charge in [-0.1, -0.05) is 0 Å². The third-order valence-corrected chi connectivity index (χ3v) is 5.99. The number of benzene rings is 1. The van der Waals surface area contributed by atoms with E-state index in [0.717, 1.165) is 6.07 Å². The monoisotopic (exact) mass is 589 g/mol. The Hall–Kier alpha value is -4.57. The number of pyridine rings is 1. The summed E-state index contributed by atoms with van der Waals surface area (Å²) in [6, 6.07) is 0.540. The van der Waals surface area contributed by atoms with Crippen molar-refractivity contribution in [2.45, 2.75) is 44.7 Å². The van der Waals surface area contributed by atoms with Gasteiger partial charge in [-0.15, -0.1) is 0 Å². The molecule has 41 heavy (non-hydrogen) atoms. The van der Waals surface area contributed by atoms with Gasteiger partial charge in [-0.3, -0.25) is 9.59 Å². The van der Waals surface area contributed by atoms with E-state index in [9.17, 15) is 44.7 Å². The van der Waals surface area contributed by atoms with E-state index in [1.165, 1.54) is 6.92 Å². The van der Waals surface area contributed by atoms with Crippen LogP contribution in [0.2, 0.25) is 0 Å². The minimum Gasteiger partial charge on any atom is -0.383 e. The summed E-state index contributed by atoms with van der Waals surface area (Å²) in [4.78, 5) is 31.7. The Morgan fingerprint density at radius 3 is 2.41 bits per heavy atom. The van der Waals surface area contributed by atoms with Gasteiger partial charge in [0.1, 0.15) is 29.2 Å². The molecule has 0 spiro atoms. The van der Waals surface area contributed by atoms with Gasteiger partial charge in [-0.05, 0) is 19.1 Å². The first-order valence-electron chi connectivity index (χ1n) is 11.7. The molecule has 3 aromatic heterocycles. The number of hydrogen-bond donors (Lipinski definition) is 3. The zero-order valence-electron chi connectivity index (χ0n) is 20.7. The molecule has 0 unspecified atom stereocenters. The average molecular weight is 589 g/mol. The predicted octanol–water partition coefficient (Wildman–Crippen LogP) is 4.59.